The number of hydrogen-bond acceptors (Lipinski definition) is 7. The van der Waals surface area contributed by atoms with Crippen LogP contribution in [0.2, 0.25) is 0 Å². The number of hydrogen-bond donors (Lipinski definition) is 0. The Labute approximate surface area is 219 Å². The summed E-state index contributed by atoms with van der Waals surface area (Å²) in [5.74, 6) is 1.04. The molecule has 9 nitrogen and oxygen atoms in total. The minimum Gasteiger partial charge on any atom is -0.480 e. The van der Waals surface area contributed by atoms with E-state index in [4.69, 9.17) is 13.8 Å². The maximum Gasteiger partial charge on any atom is 0.434 e. The smallest absolute Gasteiger partial charge is 0.434 e. The third kappa shape index (κ3) is 4.25. The summed E-state index contributed by atoms with van der Waals surface area (Å²) in [5, 5.41) is 4.38. The standard InChI is InChI=1S/C26H23F3N8O/c1-36-12-19(26(27,28)29)33-24(36)16-6-4-14(5-7-16)10-17-22-18(37(2)35-17)11-30-23(34-22)20-21(15-8-9-15)31-13-32-25(20)38-3/h4-7,11-13,15H,8-10H2,1-3H3/i2D3. The molecule has 194 valence electrons. The van der Waals surface area contributed by atoms with Gasteiger partial charge < -0.3 is 9.30 Å². The molecule has 0 amide bonds. The quantitative estimate of drug-likeness (QED) is 0.318. The highest BCUT2D eigenvalue weighted by Gasteiger charge is 2.34. The normalized spacial score (nSPS) is 15.3. The molecule has 0 unspecified atom stereocenters. The largest absolute Gasteiger partial charge is 0.480 e. The van der Waals surface area contributed by atoms with E-state index >= 15 is 0 Å². The van der Waals surface area contributed by atoms with Crippen LogP contribution in [0.1, 0.15) is 45.5 Å². The van der Waals surface area contributed by atoms with Crippen LogP contribution in [0, 0.1) is 0 Å². The van der Waals surface area contributed by atoms with Crippen LogP contribution in [0.4, 0.5) is 13.2 Å². The highest BCUT2D eigenvalue weighted by molar-refractivity contribution is 5.80. The molecule has 4 aromatic heterocycles. The Morgan fingerprint density at radius 3 is 2.55 bits per heavy atom. The fraction of sp³-hybridized carbons (Fsp3) is 0.308. The van der Waals surface area contributed by atoms with Gasteiger partial charge in [-0.15, -0.1) is 0 Å². The second-order valence-corrected chi connectivity index (χ2v) is 9.14. The predicted molar refractivity (Wildman–Crippen MR) is 132 cm³/mol. The number of halogens is 3. The molecular weight excluding hydrogens is 497 g/mol. The van der Waals surface area contributed by atoms with Crippen LogP contribution in [0.15, 0.2) is 43.0 Å². The maximum atomic E-state index is 13.1. The van der Waals surface area contributed by atoms with E-state index in [9.17, 15) is 13.2 Å². The molecule has 1 fully saturated rings. The number of nitrogens with zero attached hydrogens (tertiary/aromatic N) is 8. The lowest BCUT2D eigenvalue weighted by atomic mass is 10.1. The van der Waals surface area contributed by atoms with Gasteiger partial charge in [0.15, 0.2) is 11.5 Å². The Morgan fingerprint density at radius 1 is 1.11 bits per heavy atom. The van der Waals surface area contributed by atoms with Gasteiger partial charge in [-0.3, -0.25) is 4.68 Å². The van der Waals surface area contributed by atoms with Gasteiger partial charge in [-0.2, -0.15) is 18.3 Å². The SMILES string of the molecule is [2H]C([2H])([2H])n1nc(Cc2ccc(-c3nc(C(F)(F)F)cn3C)cc2)c2nc(-c3c(OC)ncnc3C3CC3)ncc21. The van der Waals surface area contributed by atoms with Gasteiger partial charge in [-0.25, -0.2) is 24.9 Å². The summed E-state index contributed by atoms with van der Waals surface area (Å²) in [7, 11) is 3.00. The molecule has 0 radical (unpaired) electrons. The van der Waals surface area contributed by atoms with E-state index in [0.717, 1.165) is 35.0 Å². The van der Waals surface area contributed by atoms with Crippen LogP contribution in [0.5, 0.6) is 5.88 Å². The van der Waals surface area contributed by atoms with E-state index in [1.54, 1.807) is 24.3 Å². The monoisotopic (exact) mass is 523 g/mol. The van der Waals surface area contributed by atoms with E-state index < -0.39 is 18.8 Å². The van der Waals surface area contributed by atoms with Gasteiger partial charge in [0.2, 0.25) is 5.88 Å². The Kier molecular flexibility index (Phi) is 4.84. The molecular formula is C26H23F3N8O. The van der Waals surface area contributed by atoms with E-state index in [-0.39, 0.29) is 23.7 Å². The number of fused-ring (bicyclic) bond motifs is 1. The molecule has 1 saturated carbocycles. The summed E-state index contributed by atoms with van der Waals surface area (Å²) < 4.78 is 71.0. The second-order valence-electron chi connectivity index (χ2n) is 9.14. The van der Waals surface area contributed by atoms with Crippen molar-refractivity contribution < 1.29 is 22.0 Å². The molecule has 38 heavy (non-hydrogen) atoms. The van der Waals surface area contributed by atoms with Crippen LogP contribution in [0.25, 0.3) is 33.8 Å². The van der Waals surface area contributed by atoms with Crippen molar-refractivity contribution >= 4 is 11.0 Å². The van der Waals surface area contributed by atoms with Crippen molar-refractivity contribution in [3.05, 3.63) is 65.6 Å². The second kappa shape index (κ2) is 8.89. The van der Waals surface area contributed by atoms with E-state index in [1.165, 1.54) is 31.2 Å². The van der Waals surface area contributed by atoms with Gasteiger partial charge in [0, 0.05) is 42.2 Å². The fourth-order valence-corrected chi connectivity index (χ4v) is 4.45. The predicted octanol–water partition coefficient (Wildman–Crippen LogP) is 4.72. The lowest BCUT2D eigenvalue weighted by molar-refractivity contribution is -0.140. The molecule has 0 bridgehead atoms. The van der Waals surface area contributed by atoms with E-state index in [0.29, 0.717) is 34.0 Å². The van der Waals surface area contributed by atoms with Crippen LogP contribution >= 0.6 is 0 Å². The summed E-state index contributed by atoms with van der Waals surface area (Å²) in [6.07, 6.45) is 1.41. The van der Waals surface area contributed by atoms with Gasteiger partial charge in [0.25, 0.3) is 0 Å². The molecule has 1 aromatic carbocycles. The molecule has 0 atom stereocenters. The number of rotatable bonds is 6. The summed E-state index contributed by atoms with van der Waals surface area (Å²) >= 11 is 0. The van der Waals surface area contributed by atoms with Gasteiger partial charge >= 0.3 is 6.18 Å². The van der Waals surface area contributed by atoms with Crippen molar-refractivity contribution in [3.63, 3.8) is 0 Å². The topological polar surface area (TPSA) is 96.4 Å². The molecule has 5 aromatic rings. The summed E-state index contributed by atoms with van der Waals surface area (Å²) in [6.45, 7) is -2.58. The molecule has 0 saturated heterocycles. The molecule has 0 aliphatic heterocycles. The average Bonchev–Trinajstić information content (AvgIpc) is 3.60. The zero-order valence-corrected chi connectivity index (χ0v) is 20.4. The first-order valence-corrected chi connectivity index (χ1v) is 11.8. The average molecular weight is 524 g/mol. The zero-order valence-electron chi connectivity index (χ0n) is 23.4. The molecule has 0 spiro atoms. The molecule has 1 aliphatic rings. The maximum absolute atomic E-state index is 13.1. The van der Waals surface area contributed by atoms with E-state index in [1.807, 2.05) is 0 Å². The number of aromatic nitrogens is 8. The summed E-state index contributed by atoms with van der Waals surface area (Å²) in [4.78, 5) is 21.6. The van der Waals surface area contributed by atoms with Crippen molar-refractivity contribution in [2.45, 2.75) is 31.4 Å². The molecule has 0 N–H and O–H groups in total. The first-order chi connectivity index (χ1) is 19.4. The van der Waals surface area contributed by atoms with Crippen molar-refractivity contribution in [2.24, 2.45) is 14.0 Å². The first-order valence-electron chi connectivity index (χ1n) is 13.3. The highest BCUT2D eigenvalue weighted by atomic mass is 19.4. The van der Waals surface area contributed by atoms with Crippen LogP contribution in [0.3, 0.4) is 0 Å². The Morgan fingerprint density at radius 2 is 1.89 bits per heavy atom. The van der Waals surface area contributed by atoms with Crippen LogP contribution < -0.4 is 4.74 Å². The van der Waals surface area contributed by atoms with Crippen LogP contribution in [-0.2, 0) is 26.6 Å². The molecule has 1 aliphatic carbocycles. The van der Waals surface area contributed by atoms with E-state index in [2.05, 4.69) is 25.0 Å². The number of alkyl halides is 3. The minimum absolute atomic E-state index is 0.170. The van der Waals surface area contributed by atoms with Crippen molar-refractivity contribution in [2.75, 3.05) is 7.11 Å². The lowest BCUT2D eigenvalue weighted by Gasteiger charge is -2.10. The summed E-state index contributed by atoms with van der Waals surface area (Å²) in [6, 6.07) is 6.79. The third-order valence-corrected chi connectivity index (χ3v) is 6.47. The molecule has 12 heteroatoms. The van der Waals surface area contributed by atoms with Crippen molar-refractivity contribution in [1.82, 2.24) is 39.3 Å². The van der Waals surface area contributed by atoms with Crippen LogP contribution in [-0.4, -0.2) is 46.4 Å². The molecule has 6 rings (SSSR count). The Balaban J connectivity index is 1.40. The number of ether oxygens (including phenoxy) is 1. The Hall–Kier alpha value is -4.35. The van der Waals surface area contributed by atoms with Gasteiger partial charge in [-0.05, 0) is 18.4 Å². The number of imidazole rings is 1. The summed E-state index contributed by atoms with van der Waals surface area (Å²) in [5.41, 5.74) is 2.59. The van der Waals surface area contributed by atoms with Gasteiger partial charge in [0.1, 0.15) is 28.7 Å². The first kappa shape index (κ1) is 20.7. The molecule has 4 heterocycles. The van der Waals surface area contributed by atoms with Gasteiger partial charge in [-0.1, -0.05) is 24.3 Å². The van der Waals surface area contributed by atoms with Crippen molar-refractivity contribution in [3.8, 4) is 28.7 Å². The number of aryl methyl sites for hydroxylation is 2. The fourth-order valence-electron chi connectivity index (χ4n) is 4.45. The zero-order chi connectivity index (χ0) is 29.1. The third-order valence-electron chi connectivity index (χ3n) is 6.47. The Bertz CT molecular complexity index is 1760. The number of methoxy groups -OCH3 is 1. The van der Waals surface area contributed by atoms with Gasteiger partial charge in [0.05, 0.1) is 24.7 Å². The highest BCUT2D eigenvalue weighted by Crippen LogP contribution is 2.45. The number of benzene rings is 1. The minimum atomic E-state index is -4.55. The lowest BCUT2D eigenvalue weighted by Crippen LogP contribution is -2.04. The van der Waals surface area contributed by atoms with Crippen molar-refractivity contribution in [1.29, 1.82) is 0 Å².